The maximum Gasteiger partial charge on any atom is 0.320 e. The molecule has 0 saturated heterocycles. The van der Waals surface area contributed by atoms with E-state index in [1.165, 1.54) is 0 Å². The molecular weight excluding hydrogens is 188 g/mol. The Balaban J connectivity index is 3.05. The van der Waals surface area contributed by atoms with E-state index in [9.17, 15) is 4.79 Å². The number of benzene rings is 1. The van der Waals surface area contributed by atoms with Crippen LogP contribution in [0.4, 0.5) is 0 Å². The minimum absolute atomic E-state index is 0.258. The average molecular weight is 204 g/mol. The lowest BCUT2D eigenvalue weighted by atomic mass is 9.83. The van der Waals surface area contributed by atoms with Crippen molar-refractivity contribution in [1.29, 1.82) is 0 Å². The number of hydrogen-bond donors (Lipinski definition) is 0. The van der Waals surface area contributed by atoms with E-state index in [1.54, 1.807) is 13.0 Å². The second kappa shape index (κ2) is 4.78. The minimum atomic E-state index is -0.753. The molecule has 0 aliphatic carbocycles. The van der Waals surface area contributed by atoms with Crippen LogP contribution in [0.5, 0.6) is 0 Å². The first-order valence-electron chi connectivity index (χ1n) is 5.01. The molecule has 0 aliphatic heterocycles. The lowest BCUT2D eigenvalue weighted by molar-refractivity contribution is -0.147. The van der Waals surface area contributed by atoms with E-state index >= 15 is 0 Å². The molecule has 15 heavy (non-hydrogen) atoms. The predicted octanol–water partition coefficient (Wildman–Crippen LogP) is 2.69. The molecule has 1 rings (SSSR count). The molecule has 80 valence electrons. The molecule has 0 spiro atoms. The third kappa shape index (κ3) is 2.27. The van der Waals surface area contributed by atoms with E-state index in [2.05, 4.69) is 6.58 Å². The van der Waals surface area contributed by atoms with Crippen molar-refractivity contribution in [2.45, 2.75) is 19.3 Å². The predicted molar refractivity (Wildman–Crippen MR) is 60.6 cm³/mol. The molecule has 1 aromatic rings. The molecular formula is C13H16O2. The number of esters is 1. The Hall–Kier alpha value is -1.57. The Kier molecular flexibility index (Phi) is 3.67. The topological polar surface area (TPSA) is 26.3 Å². The van der Waals surface area contributed by atoms with Crippen molar-refractivity contribution in [3.63, 3.8) is 0 Å². The lowest BCUT2D eigenvalue weighted by Crippen LogP contribution is -2.32. The van der Waals surface area contributed by atoms with Crippen LogP contribution in [-0.4, -0.2) is 12.6 Å². The number of hydrogen-bond acceptors (Lipinski definition) is 2. The fourth-order valence-electron chi connectivity index (χ4n) is 1.38. The van der Waals surface area contributed by atoms with Gasteiger partial charge in [0.05, 0.1) is 6.61 Å². The van der Waals surface area contributed by atoms with Gasteiger partial charge in [-0.05, 0) is 19.4 Å². The van der Waals surface area contributed by atoms with Gasteiger partial charge in [0.2, 0.25) is 0 Å². The van der Waals surface area contributed by atoms with Crippen LogP contribution >= 0.6 is 0 Å². The van der Waals surface area contributed by atoms with Gasteiger partial charge in [-0.25, -0.2) is 0 Å². The smallest absolute Gasteiger partial charge is 0.320 e. The zero-order valence-electron chi connectivity index (χ0n) is 9.19. The van der Waals surface area contributed by atoms with Crippen LogP contribution in [0.25, 0.3) is 0 Å². The zero-order valence-corrected chi connectivity index (χ0v) is 9.19. The van der Waals surface area contributed by atoms with Crippen molar-refractivity contribution in [2.75, 3.05) is 6.61 Å². The summed E-state index contributed by atoms with van der Waals surface area (Å²) in [6.45, 7) is 7.71. The molecule has 0 amide bonds. The van der Waals surface area contributed by atoms with Gasteiger partial charge in [0.15, 0.2) is 0 Å². The van der Waals surface area contributed by atoms with Gasteiger partial charge >= 0.3 is 5.97 Å². The summed E-state index contributed by atoms with van der Waals surface area (Å²) in [5, 5.41) is 0. The van der Waals surface area contributed by atoms with Crippen molar-refractivity contribution in [2.24, 2.45) is 0 Å². The summed E-state index contributed by atoms with van der Waals surface area (Å²) in [5.74, 6) is -0.258. The Bertz CT molecular complexity index is 343. The summed E-state index contributed by atoms with van der Waals surface area (Å²) in [6.07, 6.45) is 1.63. The largest absolute Gasteiger partial charge is 0.465 e. The van der Waals surface area contributed by atoms with Gasteiger partial charge in [-0.15, -0.1) is 6.58 Å². The summed E-state index contributed by atoms with van der Waals surface area (Å²) in [5.41, 5.74) is 0.149. The van der Waals surface area contributed by atoms with Gasteiger partial charge in [0.1, 0.15) is 5.41 Å². The van der Waals surface area contributed by atoms with Gasteiger partial charge in [0.25, 0.3) is 0 Å². The summed E-state index contributed by atoms with van der Waals surface area (Å²) in [7, 11) is 0. The van der Waals surface area contributed by atoms with Gasteiger partial charge in [-0.2, -0.15) is 0 Å². The first-order chi connectivity index (χ1) is 7.15. The summed E-state index contributed by atoms with van der Waals surface area (Å²) in [4.78, 5) is 11.8. The van der Waals surface area contributed by atoms with E-state index in [0.717, 1.165) is 5.56 Å². The van der Waals surface area contributed by atoms with E-state index in [-0.39, 0.29) is 5.97 Å². The quantitative estimate of drug-likeness (QED) is 0.556. The van der Waals surface area contributed by atoms with Crippen LogP contribution in [0, 0.1) is 0 Å². The van der Waals surface area contributed by atoms with Crippen LogP contribution < -0.4 is 0 Å². The number of carbonyl (C=O) groups is 1. The van der Waals surface area contributed by atoms with Gasteiger partial charge < -0.3 is 4.74 Å². The van der Waals surface area contributed by atoms with Crippen LogP contribution in [0.1, 0.15) is 19.4 Å². The third-order valence-electron chi connectivity index (χ3n) is 2.48. The Morgan fingerprint density at radius 1 is 1.47 bits per heavy atom. The fraction of sp³-hybridized carbons (Fsp3) is 0.308. The summed E-state index contributed by atoms with van der Waals surface area (Å²) < 4.78 is 5.04. The molecule has 0 aliphatic rings. The second-order valence-electron chi connectivity index (χ2n) is 3.49. The van der Waals surface area contributed by atoms with Crippen molar-refractivity contribution in [3.8, 4) is 0 Å². The highest BCUT2D eigenvalue weighted by molar-refractivity contribution is 5.85. The average Bonchev–Trinajstić information content (AvgIpc) is 2.29. The molecule has 2 nitrogen and oxygen atoms in total. The molecule has 0 bridgehead atoms. The Morgan fingerprint density at radius 2 is 2.07 bits per heavy atom. The van der Waals surface area contributed by atoms with Gasteiger partial charge in [0, 0.05) is 0 Å². The van der Waals surface area contributed by atoms with E-state index in [1.807, 2.05) is 37.3 Å². The zero-order chi connectivity index (χ0) is 11.3. The molecule has 1 unspecified atom stereocenters. The fourth-order valence-corrected chi connectivity index (χ4v) is 1.38. The minimum Gasteiger partial charge on any atom is -0.465 e. The van der Waals surface area contributed by atoms with Gasteiger partial charge in [-0.1, -0.05) is 36.4 Å². The number of ether oxygens (including phenoxy) is 1. The molecule has 0 N–H and O–H groups in total. The highest BCUT2D eigenvalue weighted by atomic mass is 16.5. The molecule has 1 aromatic carbocycles. The SMILES string of the molecule is C=CC(C)(C(=O)OCC)c1ccccc1. The molecule has 0 saturated carbocycles. The molecule has 0 heterocycles. The first-order valence-corrected chi connectivity index (χ1v) is 5.01. The highest BCUT2D eigenvalue weighted by Crippen LogP contribution is 2.26. The van der Waals surface area contributed by atoms with Crippen molar-refractivity contribution in [1.82, 2.24) is 0 Å². The Morgan fingerprint density at radius 3 is 2.53 bits per heavy atom. The third-order valence-corrected chi connectivity index (χ3v) is 2.48. The Labute approximate surface area is 90.6 Å². The summed E-state index contributed by atoms with van der Waals surface area (Å²) >= 11 is 0. The van der Waals surface area contributed by atoms with Crippen molar-refractivity contribution >= 4 is 5.97 Å². The van der Waals surface area contributed by atoms with Crippen molar-refractivity contribution in [3.05, 3.63) is 48.6 Å². The maximum atomic E-state index is 11.8. The molecule has 0 fully saturated rings. The van der Waals surface area contributed by atoms with E-state index < -0.39 is 5.41 Å². The molecule has 2 heteroatoms. The second-order valence-corrected chi connectivity index (χ2v) is 3.49. The van der Waals surface area contributed by atoms with Crippen LogP contribution in [-0.2, 0) is 14.9 Å². The maximum absolute atomic E-state index is 11.8. The number of rotatable bonds is 4. The molecule has 0 aromatic heterocycles. The molecule has 1 atom stereocenters. The normalized spacial score (nSPS) is 14.0. The lowest BCUT2D eigenvalue weighted by Gasteiger charge is -2.23. The summed E-state index contributed by atoms with van der Waals surface area (Å²) in [6, 6.07) is 9.52. The highest BCUT2D eigenvalue weighted by Gasteiger charge is 2.33. The van der Waals surface area contributed by atoms with Crippen molar-refractivity contribution < 1.29 is 9.53 Å². The molecule has 0 radical (unpaired) electrons. The standard InChI is InChI=1S/C13H16O2/c1-4-13(3,12(14)15-5-2)11-9-7-6-8-10-11/h4,6-10H,1,5H2,2-3H3. The number of carbonyl (C=O) groups excluding carboxylic acids is 1. The monoisotopic (exact) mass is 204 g/mol. The van der Waals surface area contributed by atoms with Gasteiger partial charge in [-0.3, -0.25) is 4.79 Å². The van der Waals surface area contributed by atoms with Crippen LogP contribution in [0.3, 0.4) is 0 Å². The van der Waals surface area contributed by atoms with Crippen LogP contribution in [0.2, 0.25) is 0 Å². The van der Waals surface area contributed by atoms with Crippen LogP contribution in [0.15, 0.2) is 43.0 Å². The van der Waals surface area contributed by atoms with E-state index in [0.29, 0.717) is 6.61 Å². The van der Waals surface area contributed by atoms with E-state index in [4.69, 9.17) is 4.74 Å². The first kappa shape index (κ1) is 11.5.